The summed E-state index contributed by atoms with van der Waals surface area (Å²) in [4.78, 5) is 0. The van der Waals surface area contributed by atoms with Crippen LogP contribution in [0.25, 0.3) is 0 Å². The van der Waals surface area contributed by atoms with Gasteiger partial charge in [-0.1, -0.05) is 23.2 Å². The van der Waals surface area contributed by atoms with E-state index in [9.17, 15) is 8.78 Å². The fourth-order valence-electron chi connectivity index (χ4n) is 1.93. The summed E-state index contributed by atoms with van der Waals surface area (Å²) >= 11 is 16.6. The molecule has 0 atom stereocenters. The molecular formula is C15H10Cl2F2N4O2S. The van der Waals surface area contributed by atoms with Gasteiger partial charge in [0.05, 0.1) is 16.3 Å². The summed E-state index contributed by atoms with van der Waals surface area (Å²) in [5, 5.41) is 10.3. The van der Waals surface area contributed by atoms with Crippen LogP contribution >= 0.6 is 35.4 Å². The molecule has 6 nitrogen and oxygen atoms in total. The smallest absolute Gasteiger partial charge is 0.299 e. The van der Waals surface area contributed by atoms with Crippen molar-refractivity contribution in [2.45, 2.75) is 13.0 Å². The van der Waals surface area contributed by atoms with E-state index in [0.717, 1.165) is 4.68 Å². The van der Waals surface area contributed by atoms with Crippen molar-refractivity contribution in [3.63, 3.8) is 0 Å². The predicted molar refractivity (Wildman–Crippen MR) is 94.9 cm³/mol. The molecule has 0 bridgehead atoms. The number of nitrogens with one attached hydrogen (secondary N) is 1. The van der Waals surface area contributed by atoms with Gasteiger partial charge in [-0.25, -0.2) is 13.9 Å². The fourth-order valence-corrected chi connectivity index (χ4v) is 2.41. The van der Waals surface area contributed by atoms with E-state index in [-0.39, 0.29) is 11.4 Å². The van der Waals surface area contributed by atoms with Crippen molar-refractivity contribution in [2.24, 2.45) is 5.10 Å². The molecule has 0 aliphatic heterocycles. The molecule has 1 aromatic carbocycles. The molecule has 0 aliphatic rings. The molecule has 26 heavy (non-hydrogen) atoms. The lowest BCUT2D eigenvalue weighted by Gasteiger charge is -2.05. The van der Waals surface area contributed by atoms with Gasteiger partial charge in [-0.05, 0) is 36.5 Å². The monoisotopic (exact) mass is 418 g/mol. The molecule has 136 valence electrons. The molecule has 0 aliphatic carbocycles. The Morgan fingerprint density at radius 1 is 1.31 bits per heavy atom. The van der Waals surface area contributed by atoms with Crippen LogP contribution in [-0.4, -0.2) is 21.1 Å². The van der Waals surface area contributed by atoms with E-state index in [1.54, 1.807) is 30.3 Å². The first-order valence-corrected chi connectivity index (χ1v) is 8.27. The summed E-state index contributed by atoms with van der Waals surface area (Å²) in [6.45, 7) is 0.138. The Bertz CT molecular complexity index is 1000. The zero-order valence-corrected chi connectivity index (χ0v) is 15.2. The van der Waals surface area contributed by atoms with E-state index < -0.39 is 12.2 Å². The molecule has 0 saturated heterocycles. The Kier molecular flexibility index (Phi) is 5.70. The van der Waals surface area contributed by atoms with Gasteiger partial charge in [0.2, 0.25) is 10.6 Å². The maximum atomic E-state index is 12.8. The summed E-state index contributed by atoms with van der Waals surface area (Å²) in [5.41, 5.74) is 0. The molecule has 0 fully saturated rings. The highest BCUT2D eigenvalue weighted by Gasteiger charge is 2.16. The second-order valence-electron chi connectivity index (χ2n) is 4.91. The van der Waals surface area contributed by atoms with Gasteiger partial charge in [0, 0.05) is 6.07 Å². The first kappa shape index (κ1) is 18.6. The number of halogens is 4. The number of aromatic nitrogens is 3. The van der Waals surface area contributed by atoms with Crippen molar-refractivity contribution in [1.29, 1.82) is 0 Å². The zero-order valence-electron chi connectivity index (χ0n) is 12.8. The van der Waals surface area contributed by atoms with Gasteiger partial charge in [-0.15, -0.1) is 0 Å². The summed E-state index contributed by atoms with van der Waals surface area (Å²) in [5.74, 6) is 0.779. The molecule has 0 saturated carbocycles. The van der Waals surface area contributed by atoms with Crippen LogP contribution in [0.1, 0.15) is 23.8 Å². The Hall–Kier alpha value is -2.23. The number of rotatable bonds is 6. The number of benzene rings is 1. The van der Waals surface area contributed by atoms with Crippen LogP contribution in [0.5, 0.6) is 5.75 Å². The lowest BCUT2D eigenvalue weighted by atomic mass is 10.3. The minimum absolute atomic E-state index is 0.0497. The van der Waals surface area contributed by atoms with Gasteiger partial charge >= 0.3 is 0 Å². The van der Waals surface area contributed by atoms with Crippen molar-refractivity contribution < 1.29 is 17.9 Å². The lowest BCUT2D eigenvalue weighted by molar-refractivity contribution is 0.136. The van der Waals surface area contributed by atoms with E-state index in [1.807, 2.05) is 0 Å². The van der Waals surface area contributed by atoms with Crippen molar-refractivity contribution in [3.05, 3.63) is 62.5 Å². The molecule has 1 N–H and O–H groups in total. The van der Waals surface area contributed by atoms with Gasteiger partial charge in [-0.2, -0.15) is 14.9 Å². The molecule has 2 heterocycles. The molecule has 2 aromatic heterocycles. The first-order chi connectivity index (χ1) is 12.4. The highest BCUT2D eigenvalue weighted by molar-refractivity contribution is 7.71. The number of aromatic amines is 1. The minimum atomic E-state index is -2.81. The van der Waals surface area contributed by atoms with Crippen LogP contribution in [0.3, 0.4) is 0 Å². The van der Waals surface area contributed by atoms with E-state index in [2.05, 4.69) is 15.3 Å². The SMILES string of the molecule is FC(F)c1n[nH]c(=S)n1/N=C\c1ccc(COc2ccc(Cl)c(Cl)c2)o1. The third-order valence-electron chi connectivity index (χ3n) is 3.13. The fraction of sp³-hybridized carbons (Fsp3) is 0.133. The number of hydrogen-bond acceptors (Lipinski definition) is 5. The number of alkyl halides is 2. The van der Waals surface area contributed by atoms with Crippen LogP contribution in [0.2, 0.25) is 10.0 Å². The Morgan fingerprint density at radius 3 is 2.85 bits per heavy atom. The standard InChI is InChI=1S/C15H10Cl2F2N4O2S/c16-11-4-3-8(5-12(11)17)24-7-10-2-1-9(25-10)6-20-23-14(13(18)19)21-22-15(23)26/h1-6,13H,7H2,(H,22,26)/b20-6-. The Morgan fingerprint density at radius 2 is 2.12 bits per heavy atom. The number of ether oxygens (including phenoxy) is 1. The normalized spacial score (nSPS) is 11.6. The van der Waals surface area contributed by atoms with Crippen LogP contribution in [0.4, 0.5) is 8.78 Å². The number of furan rings is 1. The molecule has 0 spiro atoms. The van der Waals surface area contributed by atoms with E-state index >= 15 is 0 Å². The number of hydrogen-bond donors (Lipinski definition) is 1. The second kappa shape index (κ2) is 7.98. The van der Waals surface area contributed by atoms with E-state index in [0.29, 0.717) is 27.3 Å². The topological polar surface area (TPSA) is 68.3 Å². The van der Waals surface area contributed by atoms with Gasteiger partial charge < -0.3 is 9.15 Å². The van der Waals surface area contributed by atoms with E-state index in [1.165, 1.54) is 6.21 Å². The van der Waals surface area contributed by atoms with Gasteiger partial charge in [0.15, 0.2) is 0 Å². The summed E-state index contributed by atoms with van der Waals surface area (Å²) in [7, 11) is 0. The Balaban J connectivity index is 1.67. The predicted octanol–water partition coefficient (Wildman–Crippen LogP) is 5.24. The maximum absolute atomic E-state index is 12.8. The molecule has 0 amide bonds. The molecule has 3 aromatic rings. The van der Waals surface area contributed by atoms with Crippen molar-refractivity contribution >= 4 is 41.6 Å². The third kappa shape index (κ3) is 4.29. The molecular weight excluding hydrogens is 409 g/mol. The first-order valence-electron chi connectivity index (χ1n) is 7.10. The lowest BCUT2D eigenvalue weighted by Crippen LogP contribution is -1.99. The highest BCUT2D eigenvalue weighted by atomic mass is 35.5. The van der Waals surface area contributed by atoms with Crippen molar-refractivity contribution in [1.82, 2.24) is 14.9 Å². The minimum Gasteiger partial charge on any atom is -0.486 e. The van der Waals surface area contributed by atoms with Crippen LogP contribution < -0.4 is 4.74 Å². The molecule has 11 heteroatoms. The van der Waals surface area contributed by atoms with Crippen LogP contribution in [-0.2, 0) is 6.61 Å². The highest BCUT2D eigenvalue weighted by Crippen LogP contribution is 2.26. The summed E-state index contributed by atoms with van der Waals surface area (Å²) in [6, 6.07) is 8.16. The second-order valence-corrected chi connectivity index (χ2v) is 6.11. The van der Waals surface area contributed by atoms with Crippen LogP contribution in [0.15, 0.2) is 39.9 Å². The van der Waals surface area contributed by atoms with Gasteiger partial charge in [-0.3, -0.25) is 0 Å². The van der Waals surface area contributed by atoms with Gasteiger partial charge in [0.25, 0.3) is 6.43 Å². The van der Waals surface area contributed by atoms with E-state index in [4.69, 9.17) is 44.6 Å². The summed E-state index contributed by atoms with van der Waals surface area (Å²) in [6.07, 6.45) is -1.56. The average molecular weight is 419 g/mol. The van der Waals surface area contributed by atoms with Crippen molar-refractivity contribution in [2.75, 3.05) is 0 Å². The third-order valence-corrected chi connectivity index (χ3v) is 4.13. The zero-order chi connectivity index (χ0) is 18.7. The Labute approximate surface area is 161 Å². The summed E-state index contributed by atoms with van der Waals surface area (Å²) < 4.78 is 37.4. The average Bonchev–Trinajstić information content (AvgIpc) is 3.20. The van der Waals surface area contributed by atoms with Crippen LogP contribution in [0, 0.1) is 4.77 Å². The molecule has 0 radical (unpaired) electrons. The molecule has 0 unspecified atom stereocenters. The number of nitrogens with zero attached hydrogens (tertiary/aromatic N) is 3. The number of H-pyrrole nitrogens is 1. The van der Waals surface area contributed by atoms with Gasteiger partial charge in [0.1, 0.15) is 23.9 Å². The molecule has 3 rings (SSSR count). The quantitative estimate of drug-likeness (QED) is 0.438. The van der Waals surface area contributed by atoms with Crippen molar-refractivity contribution in [3.8, 4) is 5.75 Å². The largest absolute Gasteiger partial charge is 0.486 e. The maximum Gasteiger partial charge on any atom is 0.299 e.